The number of carbonyl (C=O) groups is 1. The molecule has 2 aromatic carbocycles. The molecule has 30 heavy (non-hydrogen) atoms. The van der Waals surface area contributed by atoms with Gasteiger partial charge in [-0.15, -0.1) is 0 Å². The van der Waals surface area contributed by atoms with Crippen molar-refractivity contribution in [1.29, 1.82) is 0 Å². The number of hydrogen-bond acceptors (Lipinski definition) is 4. The minimum absolute atomic E-state index is 0.0818. The molecule has 0 saturated carbocycles. The summed E-state index contributed by atoms with van der Waals surface area (Å²) in [5.74, 6) is 0.224. The molecule has 1 aliphatic rings. The highest BCUT2D eigenvalue weighted by Crippen LogP contribution is 2.23. The van der Waals surface area contributed by atoms with Crippen molar-refractivity contribution in [1.82, 2.24) is 4.90 Å². The lowest BCUT2D eigenvalue weighted by Crippen LogP contribution is -2.40. The van der Waals surface area contributed by atoms with E-state index in [9.17, 15) is 4.79 Å². The van der Waals surface area contributed by atoms with Crippen molar-refractivity contribution in [2.45, 2.75) is 46.1 Å². The smallest absolute Gasteiger partial charge is 0.313 e. The molecule has 1 aliphatic heterocycles. The number of esters is 1. The van der Waals surface area contributed by atoms with Crippen LogP contribution in [0, 0.1) is 12.8 Å². The molecule has 3 rings (SSSR count). The molecular weight excluding hydrogens is 374 g/mol. The lowest BCUT2D eigenvalue weighted by Gasteiger charge is -2.33. The normalized spacial score (nSPS) is 18.4. The van der Waals surface area contributed by atoms with Crippen LogP contribution in [0.1, 0.15) is 55.0 Å². The van der Waals surface area contributed by atoms with Gasteiger partial charge in [-0.05, 0) is 42.9 Å². The van der Waals surface area contributed by atoms with Crippen LogP contribution in [0.25, 0.3) is 0 Å². The van der Waals surface area contributed by atoms with Gasteiger partial charge in [0.25, 0.3) is 0 Å². The molecule has 162 valence electrons. The molecule has 0 amide bonds. The Morgan fingerprint density at radius 2 is 1.80 bits per heavy atom. The topological polar surface area (TPSA) is 38.8 Å². The average Bonchev–Trinajstić information content (AvgIpc) is 2.74. The molecule has 0 aliphatic carbocycles. The molecule has 0 spiro atoms. The zero-order valence-electron chi connectivity index (χ0n) is 18.8. The standard InChI is InChI=1S/C26H35NO3/c1-19(2)17-22-7-11-23(12-8-22)21(4)26(28)30-16-14-27-13-15-29-25(18-27)24-9-5-20(3)6-10-24/h5-12,19,21,25H,13-18H2,1-4H3. The SMILES string of the molecule is Cc1ccc(C2CN(CCOC(=O)C(C)c3ccc(CC(C)C)cc3)CCO2)cc1. The zero-order chi connectivity index (χ0) is 21.5. The molecule has 4 heteroatoms. The molecule has 2 aromatic rings. The summed E-state index contributed by atoms with van der Waals surface area (Å²) in [6, 6.07) is 16.9. The summed E-state index contributed by atoms with van der Waals surface area (Å²) in [5, 5.41) is 0. The van der Waals surface area contributed by atoms with Crippen molar-refractivity contribution >= 4 is 5.97 Å². The minimum Gasteiger partial charge on any atom is -0.464 e. The van der Waals surface area contributed by atoms with Gasteiger partial charge >= 0.3 is 5.97 Å². The third kappa shape index (κ3) is 6.41. The van der Waals surface area contributed by atoms with E-state index in [0.717, 1.165) is 31.6 Å². The number of morpholine rings is 1. The number of carbonyl (C=O) groups excluding carboxylic acids is 1. The maximum absolute atomic E-state index is 12.5. The third-order valence-corrected chi connectivity index (χ3v) is 5.73. The largest absolute Gasteiger partial charge is 0.464 e. The Bertz CT molecular complexity index is 798. The van der Waals surface area contributed by atoms with Crippen molar-refractivity contribution in [3.8, 4) is 0 Å². The van der Waals surface area contributed by atoms with E-state index in [1.54, 1.807) is 0 Å². The fourth-order valence-corrected chi connectivity index (χ4v) is 3.84. The molecule has 2 unspecified atom stereocenters. The molecule has 1 saturated heterocycles. The minimum atomic E-state index is -0.247. The lowest BCUT2D eigenvalue weighted by molar-refractivity contribution is -0.146. The number of hydrogen-bond donors (Lipinski definition) is 0. The fourth-order valence-electron chi connectivity index (χ4n) is 3.84. The second kappa shape index (κ2) is 10.7. The highest BCUT2D eigenvalue weighted by atomic mass is 16.5. The predicted octanol–water partition coefficient (Wildman–Crippen LogP) is 4.91. The van der Waals surface area contributed by atoms with Gasteiger partial charge in [0.05, 0.1) is 18.6 Å². The van der Waals surface area contributed by atoms with E-state index in [2.05, 4.69) is 74.2 Å². The van der Waals surface area contributed by atoms with Crippen LogP contribution in [0.2, 0.25) is 0 Å². The molecular formula is C26H35NO3. The molecule has 2 atom stereocenters. The van der Waals surface area contributed by atoms with Gasteiger partial charge in [-0.25, -0.2) is 0 Å². The first-order valence-corrected chi connectivity index (χ1v) is 11.1. The van der Waals surface area contributed by atoms with Crippen LogP contribution in [0.15, 0.2) is 48.5 Å². The summed E-state index contributed by atoms with van der Waals surface area (Å²) in [6.07, 6.45) is 1.14. The van der Waals surface area contributed by atoms with Gasteiger partial charge in [0.2, 0.25) is 0 Å². The molecule has 1 heterocycles. The van der Waals surface area contributed by atoms with Crippen molar-refractivity contribution in [2.24, 2.45) is 5.92 Å². The fraction of sp³-hybridized carbons (Fsp3) is 0.500. The first-order chi connectivity index (χ1) is 14.4. The monoisotopic (exact) mass is 409 g/mol. The van der Waals surface area contributed by atoms with Crippen LogP contribution in [0.5, 0.6) is 0 Å². The Kier molecular flexibility index (Phi) is 8.06. The summed E-state index contributed by atoms with van der Waals surface area (Å²) >= 11 is 0. The highest BCUT2D eigenvalue weighted by molar-refractivity contribution is 5.77. The van der Waals surface area contributed by atoms with E-state index in [-0.39, 0.29) is 18.0 Å². The summed E-state index contributed by atoms with van der Waals surface area (Å²) in [6.45, 7) is 12.0. The van der Waals surface area contributed by atoms with Crippen molar-refractivity contribution in [3.63, 3.8) is 0 Å². The van der Waals surface area contributed by atoms with E-state index in [1.165, 1.54) is 16.7 Å². The van der Waals surface area contributed by atoms with Gasteiger partial charge in [-0.2, -0.15) is 0 Å². The Balaban J connectivity index is 1.44. The molecule has 0 bridgehead atoms. The number of ether oxygens (including phenoxy) is 2. The third-order valence-electron chi connectivity index (χ3n) is 5.73. The van der Waals surface area contributed by atoms with Gasteiger partial charge in [-0.3, -0.25) is 9.69 Å². The second-order valence-electron chi connectivity index (χ2n) is 8.80. The van der Waals surface area contributed by atoms with Gasteiger partial charge in [0.1, 0.15) is 6.61 Å². The van der Waals surface area contributed by atoms with Crippen LogP contribution >= 0.6 is 0 Å². The summed E-state index contributed by atoms with van der Waals surface area (Å²) in [4.78, 5) is 14.8. The van der Waals surface area contributed by atoms with Gasteiger partial charge in [-0.1, -0.05) is 67.9 Å². The maximum atomic E-state index is 12.5. The number of rotatable bonds is 8. The van der Waals surface area contributed by atoms with Crippen molar-refractivity contribution < 1.29 is 14.3 Å². The second-order valence-corrected chi connectivity index (χ2v) is 8.80. The molecule has 0 radical (unpaired) electrons. The Morgan fingerprint density at radius 3 is 2.47 bits per heavy atom. The van der Waals surface area contributed by atoms with E-state index in [0.29, 0.717) is 19.1 Å². The average molecular weight is 410 g/mol. The van der Waals surface area contributed by atoms with E-state index < -0.39 is 0 Å². The van der Waals surface area contributed by atoms with Crippen molar-refractivity contribution in [3.05, 3.63) is 70.8 Å². The Labute approximate surface area is 181 Å². The quantitative estimate of drug-likeness (QED) is 0.581. The molecule has 0 aromatic heterocycles. The first kappa shape index (κ1) is 22.5. The summed E-state index contributed by atoms with van der Waals surface area (Å²) < 4.78 is 11.5. The van der Waals surface area contributed by atoms with Crippen LogP contribution in [-0.4, -0.2) is 43.7 Å². The van der Waals surface area contributed by atoms with Crippen LogP contribution in [0.3, 0.4) is 0 Å². The summed E-state index contributed by atoms with van der Waals surface area (Å²) in [7, 11) is 0. The van der Waals surface area contributed by atoms with E-state index in [4.69, 9.17) is 9.47 Å². The van der Waals surface area contributed by atoms with Gasteiger partial charge < -0.3 is 9.47 Å². The Hall–Kier alpha value is -2.17. The van der Waals surface area contributed by atoms with E-state index >= 15 is 0 Å². The number of aryl methyl sites for hydroxylation is 1. The first-order valence-electron chi connectivity index (χ1n) is 11.1. The molecule has 0 N–H and O–H groups in total. The lowest BCUT2D eigenvalue weighted by atomic mass is 9.97. The number of nitrogens with zero attached hydrogens (tertiary/aromatic N) is 1. The maximum Gasteiger partial charge on any atom is 0.313 e. The van der Waals surface area contributed by atoms with Gasteiger partial charge in [0, 0.05) is 19.6 Å². The van der Waals surface area contributed by atoms with Gasteiger partial charge in [0.15, 0.2) is 0 Å². The van der Waals surface area contributed by atoms with Crippen LogP contribution < -0.4 is 0 Å². The highest BCUT2D eigenvalue weighted by Gasteiger charge is 2.23. The predicted molar refractivity (Wildman–Crippen MR) is 121 cm³/mol. The van der Waals surface area contributed by atoms with Crippen LogP contribution in [0.4, 0.5) is 0 Å². The van der Waals surface area contributed by atoms with E-state index in [1.807, 2.05) is 6.92 Å². The Morgan fingerprint density at radius 1 is 1.10 bits per heavy atom. The molecule has 1 fully saturated rings. The van der Waals surface area contributed by atoms with Crippen molar-refractivity contribution in [2.75, 3.05) is 32.8 Å². The molecule has 4 nitrogen and oxygen atoms in total. The van der Waals surface area contributed by atoms with Crippen LogP contribution in [-0.2, 0) is 20.7 Å². The summed E-state index contributed by atoms with van der Waals surface area (Å²) in [5.41, 5.74) is 4.78. The number of benzene rings is 2. The zero-order valence-corrected chi connectivity index (χ0v) is 18.8.